The Balaban J connectivity index is 2.28. The van der Waals surface area contributed by atoms with Crippen molar-refractivity contribution in [3.8, 4) is 5.75 Å². The third-order valence-electron chi connectivity index (χ3n) is 2.56. The predicted molar refractivity (Wildman–Crippen MR) is 81.9 cm³/mol. The zero-order valence-electron chi connectivity index (χ0n) is 11.6. The van der Waals surface area contributed by atoms with Crippen molar-refractivity contribution < 1.29 is 18.3 Å². The van der Waals surface area contributed by atoms with Crippen LogP contribution in [0.2, 0.25) is 0 Å². The van der Waals surface area contributed by atoms with E-state index < -0.39 is 12.0 Å². The van der Waals surface area contributed by atoms with E-state index in [9.17, 15) is 13.6 Å². The largest absolute Gasteiger partial charge is 0.435 e. The lowest BCUT2D eigenvalue weighted by atomic mass is 10.2. The van der Waals surface area contributed by atoms with E-state index in [0.717, 1.165) is 0 Å². The number of para-hydroxylation sites is 1. The Morgan fingerprint density at radius 1 is 1.14 bits per heavy atom. The summed E-state index contributed by atoms with van der Waals surface area (Å²) in [6.45, 7) is 0. The third kappa shape index (κ3) is 4.29. The van der Waals surface area contributed by atoms with E-state index >= 15 is 0 Å². The number of hydrogen-bond acceptors (Lipinski definition) is 4. The van der Waals surface area contributed by atoms with Crippen LogP contribution in [0.3, 0.4) is 0 Å². The second-order valence-electron chi connectivity index (χ2n) is 4.13. The maximum atomic E-state index is 13.7. The summed E-state index contributed by atoms with van der Waals surface area (Å²) in [5.74, 6) is -0.505. The molecule has 0 aliphatic heterocycles. The molecule has 114 valence electrons. The number of hydrogen-bond donors (Lipinski definition) is 0. The van der Waals surface area contributed by atoms with Gasteiger partial charge in [-0.05, 0) is 24.3 Å². The highest BCUT2D eigenvalue weighted by atomic mass is 32.2. The van der Waals surface area contributed by atoms with Crippen LogP contribution in [0.4, 0.5) is 13.6 Å². The molecule has 2 aromatic carbocycles. The van der Waals surface area contributed by atoms with Gasteiger partial charge < -0.3 is 4.74 Å². The summed E-state index contributed by atoms with van der Waals surface area (Å²) >= 11 is 0.562. The lowest BCUT2D eigenvalue weighted by molar-refractivity contribution is 0.209. The monoisotopic (exact) mass is 322 g/mol. The molecule has 0 saturated carbocycles. The molecule has 0 atom stereocenters. The first-order valence-corrected chi connectivity index (χ1v) is 6.97. The molecule has 0 aliphatic rings. The van der Waals surface area contributed by atoms with Gasteiger partial charge in [0.05, 0.1) is 0 Å². The number of halogens is 2. The molecule has 1 amide bonds. The van der Waals surface area contributed by atoms with Gasteiger partial charge in [0.15, 0.2) is 11.6 Å². The molecule has 0 N–H and O–H groups in total. The molecule has 0 heterocycles. The molecule has 0 bridgehead atoms. The van der Waals surface area contributed by atoms with Gasteiger partial charge in [-0.25, -0.2) is 13.5 Å². The van der Waals surface area contributed by atoms with Crippen LogP contribution in [0, 0.1) is 5.82 Å². The van der Waals surface area contributed by atoms with E-state index in [1.165, 1.54) is 25.2 Å². The Bertz CT molecular complexity index is 680. The maximum Gasteiger partial charge on any atom is 0.411 e. The minimum absolute atomic E-state index is 0.0140. The summed E-state index contributed by atoms with van der Waals surface area (Å²) in [4.78, 5) is 10.6. The number of amides is 1. The average molecular weight is 322 g/mol. The van der Waals surface area contributed by atoms with Crippen molar-refractivity contribution in [1.29, 1.82) is 0 Å². The first kappa shape index (κ1) is 16.0. The number of benzene rings is 2. The highest BCUT2D eigenvalue weighted by Crippen LogP contribution is 2.20. The molecule has 0 fully saturated rings. The fourth-order valence-corrected chi connectivity index (χ4v) is 1.88. The van der Waals surface area contributed by atoms with Gasteiger partial charge in [-0.15, -0.1) is 4.39 Å². The summed E-state index contributed by atoms with van der Waals surface area (Å²) in [6, 6.07) is 14.6. The Morgan fingerprint density at radius 3 is 2.41 bits per heavy atom. The van der Waals surface area contributed by atoms with Crippen LogP contribution in [-0.4, -0.2) is 23.4 Å². The third-order valence-corrected chi connectivity index (χ3v) is 3.19. The van der Waals surface area contributed by atoms with Gasteiger partial charge in [0.1, 0.15) is 12.1 Å². The second kappa shape index (κ2) is 7.56. The lowest BCUT2D eigenvalue weighted by Crippen LogP contribution is -2.15. The highest BCUT2D eigenvalue weighted by molar-refractivity contribution is 7.96. The summed E-state index contributed by atoms with van der Waals surface area (Å²) in [6.07, 6.45) is -1.65. The molecule has 0 aromatic heterocycles. The highest BCUT2D eigenvalue weighted by Gasteiger charge is 2.12. The number of nitrogens with zero attached hydrogens (tertiary/aromatic N) is 2. The molecule has 2 aromatic rings. The van der Waals surface area contributed by atoms with Gasteiger partial charge in [-0.1, -0.05) is 30.3 Å². The molecule has 0 spiro atoms. The maximum absolute atomic E-state index is 13.7. The molecule has 7 heteroatoms. The molecule has 0 aliphatic carbocycles. The van der Waals surface area contributed by atoms with Gasteiger partial charge in [-0.3, -0.25) is 0 Å². The molecule has 0 saturated heterocycles. The quantitative estimate of drug-likeness (QED) is 0.278. The van der Waals surface area contributed by atoms with Crippen LogP contribution >= 0.6 is 12.1 Å². The van der Waals surface area contributed by atoms with E-state index in [1.54, 1.807) is 36.4 Å². The molecular formula is C15H12F2N2O2S. The number of carbonyl (C=O) groups is 1. The minimum atomic E-state index is -1.65. The van der Waals surface area contributed by atoms with Crippen molar-refractivity contribution >= 4 is 24.2 Å². The van der Waals surface area contributed by atoms with Crippen molar-refractivity contribution in [2.24, 2.45) is 4.40 Å². The van der Waals surface area contributed by atoms with Crippen molar-refractivity contribution in [3.63, 3.8) is 0 Å². The summed E-state index contributed by atoms with van der Waals surface area (Å²) < 4.78 is 36.3. The topological polar surface area (TPSA) is 41.9 Å². The molecular weight excluding hydrogens is 310 g/mol. The first-order valence-electron chi connectivity index (χ1n) is 6.24. The zero-order chi connectivity index (χ0) is 15.9. The van der Waals surface area contributed by atoms with E-state index in [1.807, 2.05) is 0 Å². The van der Waals surface area contributed by atoms with Crippen molar-refractivity contribution in [3.05, 3.63) is 66.0 Å². The first-order chi connectivity index (χ1) is 10.6. The van der Waals surface area contributed by atoms with Crippen LogP contribution in [-0.2, 0) is 0 Å². The van der Waals surface area contributed by atoms with E-state index in [0.29, 0.717) is 22.0 Å². The summed E-state index contributed by atoms with van der Waals surface area (Å²) in [5.41, 5.74) is 0.568. The number of carbonyl (C=O) groups excluding carboxylic acids is 1. The molecule has 22 heavy (non-hydrogen) atoms. The van der Waals surface area contributed by atoms with Gasteiger partial charge in [0.25, 0.3) is 0 Å². The number of ether oxygens (including phenoxy) is 1. The lowest BCUT2D eigenvalue weighted by Gasteiger charge is -2.11. The Labute approximate surface area is 130 Å². The summed E-state index contributed by atoms with van der Waals surface area (Å²) in [7, 11) is 1.22. The molecule has 2 rings (SSSR count). The SMILES string of the molecule is CN(SN=C(Oc1ccccc1F)c1ccccc1)C(=O)F. The fourth-order valence-electron chi connectivity index (χ4n) is 1.47. The number of rotatable bonds is 4. The van der Waals surface area contributed by atoms with E-state index in [-0.39, 0.29) is 11.6 Å². The molecule has 0 radical (unpaired) electrons. The second-order valence-corrected chi connectivity index (χ2v) is 5.02. The Hall–Kier alpha value is -2.41. The minimum Gasteiger partial charge on any atom is -0.435 e. The van der Waals surface area contributed by atoms with Crippen molar-refractivity contribution in [1.82, 2.24) is 4.31 Å². The van der Waals surface area contributed by atoms with Gasteiger partial charge >= 0.3 is 6.16 Å². The smallest absolute Gasteiger partial charge is 0.411 e. The van der Waals surface area contributed by atoms with Gasteiger partial charge in [0.2, 0.25) is 5.90 Å². The summed E-state index contributed by atoms with van der Waals surface area (Å²) in [5, 5.41) is 0. The van der Waals surface area contributed by atoms with E-state index in [4.69, 9.17) is 4.74 Å². The average Bonchev–Trinajstić information content (AvgIpc) is 2.53. The standard InChI is InChI=1S/C15H12F2N2O2S/c1-19(15(17)20)22-18-14(11-7-3-2-4-8-11)21-13-10-6-5-9-12(13)16/h2-10H,1H3. The van der Waals surface area contributed by atoms with Crippen molar-refractivity contribution in [2.45, 2.75) is 0 Å². The van der Waals surface area contributed by atoms with E-state index in [2.05, 4.69) is 4.40 Å². The normalized spacial score (nSPS) is 11.1. The Kier molecular flexibility index (Phi) is 5.48. The predicted octanol–water partition coefficient (Wildman–Crippen LogP) is 4.24. The van der Waals surface area contributed by atoms with Crippen molar-refractivity contribution in [2.75, 3.05) is 7.05 Å². The molecule has 0 unspecified atom stereocenters. The fraction of sp³-hybridized carbons (Fsp3) is 0.0667. The van der Waals surface area contributed by atoms with Gasteiger partial charge in [0, 0.05) is 12.6 Å². The van der Waals surface area contributed by atoms with Crippen LogP contribution < -0.4 is 4.74 Å². The van der Waals surface area contributed by atoms with Crippen LogP contribution in [0.15, 0.2) is 59.0 Å². The van der Waals surface area contributed by atoms with Crippen LogP contribution in [0.1, 0.15) is 5.56 Å². The van der Waals surface area contributed by atoms with Gasteiger partial charge in [-0.2, -0.15) is 4.40 Å². The zero-order valence-corrected chi connectivity index (χ0v) is 12.4. The molecule has 4 nitrogen and oxygen atoms in total. The van der Waals surface area contributed by atoms with Crippen LogP contribution in [0.25, 0.3) is 0 Å². The van der Waals surface area contributed by atoms with Crippen LogP contribution in [0.5, 0.6) is 5.75 Å². The Morgan fingerprint density at radius 2 is 1.77 bits per heavy atom.